The lowest BCUT2D eigenvalue weighted by Gasteiger charge is -2.35. The molecule has 0 radical (unpaired) electrons. The van der Waals surface area contributed by atoms with E-state index in [9.17, 15) is 4.79 Å². The number of carbonyl (C=O) groups excluding carboxylic acids is 1. The van der Waals surface area contributed by atoms with Crippen molar-refractivity contribution < 1.29 is 14.3 Å². The highest BCUT2D eigenvalue weighted by atomic mass is 16.7. The zero-order chi connectivity index (χ0) is 18.6. The highest BCUT2D eigenvalue weighted by Crippen LogP contribution is 2.32. The number of nitrogens with zero attached hydrogens (tertiary/aromatic N) is 3. The van der Waals surface area contributed by atoms with Gasteiger partial charge in [0.05, 0.1) is 0 Å². The molecule has 2 aliphatic rings. The molecule has 3 heterocycles. The van der Waals surface area contributed by atoms with E-state index in [4.69, 9.17) is 9.47 Å². The van der Waals surface area contributed by atoms with E-state index >= 15 is 0 Å². The topological polar surface area (TPSA) is 76.6 Å². The van der Waals surface area contributed by atoms with Crippen LogP contribution in [0.25, 0.3) is 0 Å². The van der Waals surface area contributed by atoms with Gasteiger partial charge in [-0.25, -0.2) is 9.97 Å². The summed E-state index contributed by atoms with van der Waals surface area (Å²) < 4.78 is 10.7. The molecule has 1 unspecified atom stereocenters. The normalized spacial score (nSPS) is 18.4. The largest absolute Gasteiger partial charge is 0.454 e. The summed E-state index contributed by atoms with van der Waals surface area (Å²) in [5.74, 6) is 1.89. The van der Waals surface area contributed by atoms with E-state index in [2.05, 4.69) is 27.1 Å². The smallest absolute Gasteiger partial charge is 0.270 e. The molecule has 1 N–H and O–H groups in total. The van der Waals surface area contributed by atoms with Crippen LogP contribution in [0.1, 0.15) is 48.7 Å². The summed E-state index contributed by atoms with van der Waals surface area (Å²) in [6.07, 6.45) is 6.26. The third-order valence-electron chi connectivity index (χ3n) is 5.12. The molecule has 0 aliphatic carbocycles. The molecule has 2 aliphatic heterocycles. The Hall–Kier alpha value is -2.83. The zero-order valence-corrected chi connectivity index (χ0v) is 15.5. The molecule has 7 nitrogen and oxygen atoms in total. The van der Waals surface area contributed by atoms with Crippen LogP contribution in [0, 0.1) is 0 Å². The molecule has 2 aromatic rings. The number of fused-ring (bicyclic) bond motifs is 1. The first-order chi connectivity index (χ1) is 13.2. The molecule has 1 aromatic heterocycles. The Morgan fingerprint density at radius 3 is 3.04 bits per heavy atom. The van der Waals surface area contributed by atoms with Gasteiger partial charge in [-0.1, -0.05) is 13.0 Å². The van der Waals surface area contributed by atoms with E-state index in [0.29, 0.717) is 30.0 Å². The Kier molecular flexibility index (Phi) is 5.09. The van der Waals surface area contributed by atoms with Crippen molar-refractivity contribution in [2.45, 2.75) is 45.2 Å². The van der Waals surface area contributed by atoms with Gasteiger partial charge in [0.15, 0.2) is 11.5 Å². The van der Waals surface area contributed by atoms with Gasteiger partial charge >= 0.3 is 0 Å². The van der Waals surface area contributed by atoms with Gasteiger partial charge in [0.25, 0.3) is 5.91 Å². The van der Waals surface area contributed by atoms with Gasteiger partial charge in [-0.3, -0.25) is 4.79 Å². The third-order valence-corrected chi connectivity index (χ3v) is 5.12. The number of carbonyl (C=O) groups is 1. The van der Waals surface area contributed by atoms with E-state index in [1.807, 2.05) is 18.2 Å². The predicted molar refractivity (Wildman–Crippen MR) is 101 cm³/mol. The first-order valence-corrected chi connectivity index (χ1v) is 9.51. The molecule has 142 valence electrons. The molecule has 27 heavy (non-hydrogen) atoms. The van der Waals surface area contributed by atoms with Crippen molar-refractivity contribution in [2.24, 2.45) is 0 Å². The fourth-order valence-electron chi connectivity index (χ4n) is 3.63. The van der Waals surface area contributed by atoms with Gasteiger partial charge in [-0.2, -0.15) is 0 Å². The van der Waals surface area contributed by atoms with Crippen LogP contribution in [0.4, 0.5) is 5.95 Å². The molecule has 1 fully saturated rings. The van der Waals surface area contributed by atoms with Crippen LogP contribution in [-0.2, 0) is 6.54 Å². The molecule has 1 aromatic carbocycles. The second-order valence-corrected chi connectivity index (χ2v) is 6.86. The van der Waals surface area contributed by atoms with Crippen LogP contribution < -0.4 is 19.7 Å². The van der Waals surface area contributed by atoms with Crippen molar-refractivity contribution in [2.75, 3.05) is 18.2 Å². The molecule has 4 rings (SSSR count). The number of nitrogens with one attached hydrogen (secondary N) is 1. The van der Waals surface area contributed by atoms with E-state index in [0.717, 1.165) is 37.1 Å². The molecule has 0 spiro atoms. The van der Waals surface area contributed by atoms with Crippen molar-refractivity contribution in [1.82, 2.24) is 15.3 Å². The lowest BCUT2D eigenvalue weighted by atomic mass is 10.0. The quantitative estimate of drug-likeness (QED) is 0.874. The Bertz CT molecular complexity index is 827. The van der Waals surface area contributed by atoms with E-state index in [-0.39, 0.29) is 12.7 Å². The lowest BCUT2D eigenvalue weighted by Crippen LogP contribution is -2.40. The first kappa shape index (κ1) is 17.6. The average Bonchev–Trinajstić information content (AvgIpc) is 3.20. The minimum Gasteiger partial charge on any atom is -0.454 e. The van der Waals surface area contributed by atoms with E-state index < -0.39 is 0 Å². The number of hydrogen-bond acceptors (Lipinski definition) is 6. The standard InChI is InChI=1S/C20H24N4O3/c1-2-15-5-3-4-10-24(15)20-21-9-8-16(23-20)19(25)22-12-14-6-7-17-18(11-14)27-13-26-17/h6-9,11,15H,2-5,10,12-13H2,1H3,(H,22,25). The number of piperidine rings is 1. The highest BCUT2D eigenvalue weighted by molar-refractivity contribution is 5.92. The molecule has 0 bridgehead atoms. The number of amides is 1. The van der Waals surface area contributed by atoms with Crippen molar-refractivity contribution in [3.05, 3.63) is 41.7 Å². The summed E-state index contributed by atoms with van der Waals surface area (Å²) in [6.45, 7) is 3.77. The Morgan fingerprint density at radius 1 is 1.26 bits per heavy atom. The Balaban J connectivity index is 1.43. The maximum absolute atomic E-state index is 12.6. The number of anilines is 1. The maximum Gasteiger partial charge on any atom is 0.270 e. The predicted octanol–water partition coefficient (Wildman–Crippen LogP) is 2.90. The van der Waals surface area contributed by atoms with Crippen molar-refractivity contribution in [3.8, 4) is 11.5 Å². The second-order valence-electron chi connectivity index (χ2n) is 6.86. The van der Waals surface area contributed by atoms with Gasteiger partial charge in [-0.05, 0) is 49.4 Å². The van der Waals surface area contributed by atoms with Crippen molar-refractivity contribution >= 4 is 11.9 Å². The van der Waals surface area contributed by atoms with Gasteiger partial charge in [0.2, 0.25) is 12.7 Å². The molecule has 7 heteroatoms. The van der Waals surface area contributed by atoms with E-state index in [1.54, 1.807) is 12.3 Å². The fraction of sp³-hybridized carbons (Fsp3) is 0.450. The summed E-state index contributed by atoms with van der Waals surface area (Å²) in [5, 5.41) is 2.92. The summed E-state index contributed by atoms with van der Waals surface area (Å²) >= 11 is 0. The number of aromatic nitrogens is 2. The minimum absolute atomic E-state index is 0.207. The highest BCUT2D eigenvalue weighted by Gasteiger charge is 2.23. The zero-order valence-electron chi connectivity index (χ0n) is 15.5. The maximum atomic E-state index is 12.6. The second kappa shape index (κ2) is 7.82. The van der Waals surface area contributed by atoms with Gasteiger partial charge in [0, 0.05) is 25.3 Å². The van der Waals surface area contributed by atoms with Crippen LogP contribution in [-0.4, -0.2) is 35.3 Å². The molecular formula is C20H24N4O3. The first-order valence-electron chi connectivity index (χ1n) is 9.51. The average molecular weight is 368 g/mol. The van der Waals surface area contributed by atoms with Crippen molar-refractivity contribution in [1.29, 1.82) is 0 Å². The fourth-order valence-corrected chi connectivity index (χ4v) is 3.63. The van der Waals surface area contributed by atoms with Gasteiger partial charge in [0.1, 0.15) is 5.69 Å². The third kappa shape index (κ3) is 3.82. The van der Waals surface area contributed by atoms with Crippen LogP contribution in [0.15, 0.2) is 30.5 Å². The summed E-state index contributed by atoms with van der Waals surface area (Å²) in [4.78, 5) is 23.7. The number of ether oxygens (including phenoxy) is 2. The SMILES string of the molecule is CCC1CCCCN1c1nccc(C(=O)NCc2ccc3c(c2)OCO3)n1. The van der Waals surface area contributed by atoms with Crippen LogP contribution in [0.2, 0.25) is 0 Å². The monoisotopic (exact) mass is 368 g/mol. The molecule has 1 amide bonds. The Labute approximate surface area is 158 Å². The van der Waals surface area contributed by atoms with Crippen LogP contribution in [0.5, 0.6) is 11.5 Å². The molecular weight excluding hydrogens is 344 g/mol. The van der Waals surface area contributed by atoms with Crippen LogP contribution in [0.3, 0.4) is 0 Å². The number of hydrogen-bond donors (Lipinski definition) is 1. The molecule has 0 saturated carbocycles. The van der Waals surface area contributed by atoms with Crippen molar-refractivity contribution in [3.63, 3.8) is 0 Å². The van der Waals surface area contributed by atoms with Gasteiger partial charge < -0.3 is 19.7 Å². The lowest BCUT2D eigenvalue weighted by molar-refractivity contribution is 0.0945. The Morgan fingerprint density at radius 2 is 2.15 bits per heavy atom. The van der Waals surface area contributed by atoms with Crippen LogP contribution >= 0.6 is 0 Å². The summed E-state index contributed by atoms with van der Waals surface area (Å²) in [6, 6.07) is 7.76. The molecule has 1 saturated heterocycles. The number of benzene rings is 1. The van der Waals surface area contributed by atoms with Gasteiger partial charge in [-0.15, -0.1) is 0 Å². The minimum atomic E-state index is -0.207. The van der Waals surface area contributed by atoms with E-state index in [1.165, 1.54) is 6.42 Å². The number of rotatable bonds is 5. The molecule has 1 atom stereocenters. The summed E-state index contributed by atoms with van der Waals surface area (Å²) in [5.41, 5.74) is 1.34. The summed E-state index contributed by atoms with van der Waals surface area (Å²) in [7, 11) is 0.